The lowest BCUT2D eigenvalue weighted by molar-refractivity contribution is -0.141. The molecule has 0 heterocycles. The Kier molecular flexibility index (Phi) is 9.53. The highest BCUT2D eigenvalue weighted by Crippen LogP contribution is 2.38. The molecule has 8 heteroatoms. The normalized spacial score (nSPS) is 10.2. The van der Waals surface area contributed by atoms with Crippen molar-refractivity contribution >= 4 is 17.7 Å². The molecule has 2 aromatic rings. The van der Waals surface area contributed by atoms with Crippen molar-refractivity contribution in [3.8, 4) is 17.2 Å². The zero-order chi connectivity index (χ0) is 23.5. The average molecular weight is 443 g/mol. The molecule has 0 bridgehead atoms. The largest absolute Gasteiger partial charge is 0.493 e. The van der Waals surface area contributed by atoms with Crippen molar-refractivity contribution in [3.05, 3.63) is 53.1 Å². The number of nitrogens with one attached hydrogen (secondary N) is 1. The van der Waals surface area contributed by atoms with Gasteiger partial charge in [-0.2, -0.15) is 0 Å². The minimum Gasteiger partial charge on any atom is -0.493 e. The van der Waals surface area contributed by atoms with E-state index in [1.54, 1.807) is 12.1 Å². The van der Waals surface area contributed by atoms with E-state index >= 15 is 0 Å². The maximum atomic E-state index is 12.4. The van der Waals surface area contributed by atoms with E-state index in [-0.39, 0.29) is 11.3 Å². The molecular formula is C24H29NO7. The van der Waals surface area contributed by atoms with Crippen LogP contribution in [0.25, 0.3) is 0 Å². The van der Waals surface area contributed by atoms with E-state index in [2.05, 4.69) is 12.2 Å². The molecule has 1 amide bonds. The van der Waals surface area contributed by atoms with E-state index in [0.29, 0.717) is 22.8 Å². The van der Waals surface area contributed by atoms with Crippen molar-refractivity contribution < 1.29 is 33.3 Å². The van der Waals surface area contributed by atoms with Crippen LogP contribution in [0, 0.1) is 0 Å². The first-order valence-electron chi connectivity index (χ1n) is 10.3. The monoisotopic (exact) mass is 443 g/mol. The van der Waals surface area contributed by atoms with Gasteiger partial charge in [-0.05, 0) is 30.5 Å². The molecule has 0 fully saturated rings. The second kappa shape index (κ2) is 12.3. The van der Waals surface area contributed by atoms with Crippen LogP contribution in [0.2, 0.25) is 0 Å². The molecule has 0 aliphatic heterocycles. The lowest BCUT2D eigenvalue weighted by Gasteiger charge is -2.14. The summed E-state index contributed by atoms with van der Waals surface area (Å²) in [5, 5.41) is 2.45. The molecule has 0 unspecified atom stereocenters. The van der Waals surface area contributed by atoms with Crippen LogP contribution < -0.4 is 19.5 Å². The van der Waals surface area contributed by atoms with Gasteiger partial charge in [-0.15, -0.1) is 0 Å². The third-order valence-corrected chi connectivity index (χ3v) is 4.78. The first-order chi connectivity index (χ1) is 15.4. The molecule has 0 aliphatic carbocycles. The number of Topliss-reactive ketones (excluding diaryl/α,β-unsaturated/α-hetero) is 1. The summed E-state index contributed by atoms with van der Waals surface area (Å²) in [6.45, 7) is 1.34. The smallest absolute Gasteiger partial charge is 0.325 e. The Morgan fingerprint density at radius 1 is 0.875 bits per heavy atom. The van der Waals surface area contributed by atoms with Crippen molar-refractivity contribution in [2.24, 2.45) is 0 Å². The van der Waals surface area contributed by atoms with Gasteiger partial charge in [0.2, 0.25) is 5.75 Å². The third-order valence-electron chi connectivity index (χ3n) is 4.78. The van der Waals surface area contributed by atoms with E-state index in [0.717, 1.165) is 24.8 Å². The quantitative estimate of drug-likeness (QED) is 0.397. The summed E-state index contributed by atoms with van der Waals surface area (Å²) >= 11 is 0. The van der Waals surface area contributed by atoms with Crippen LogP contribution in [0.15, 0.2) is 36.4 Å². The molecule has 0 spiro atoms. The van der Waals surface area contributed by atoms with Gasteiger partial charge in [0.1, 0.15) is 6.54 Å². The number of ether oxygens (including phenoxy) is 4. The second-order valence-electron chi connectivity index (χ2n) is 6.98. The molecule has 2 aromatic carbocycles. The number of unbranched alkanes of at least 4 members (excludes halogenated alkanes) is 1. The number of methoxy groups -OCH3 is 3. The Morgan fingerprint density at radius 2 is 1.50 bits per heavy atom. The van der Waals surface area contributed by atoms with E-state index < -0.39 is 25.0 Å². The first kappa shape index (κ1) is 24.7. The number of aryl methyl sites for hydroxylation is 1. The summed E-state index contributed by atoms with van der Waals surface area (Å²) in [5.74, 6) is -0.593. The van der Waals surface area contributed by atoms with Crippen molar-refractivity contribution in [1.82, 2.24) is 5.32 Å². The number of amides is 1. The molecule has 0 saturated carbocycles. The molecule has 0 atom stereocenters. The van der Waals surface area contributed by atoms with Crippen LogP contribution in [-0.4, -0.2) is 52.1 Å². The van der Waals surface area contributed by atoms with Crippen LogP contribution in [0.1, 0.15) is 46.0 Å². The summed E-state index contributed by atoms with van der Waals surface area (Å²) < 4.78 is 20.6. The molecule has 0 radical (unpaired) electrons. The molecule has 0 saturated heterocycles. The highest BCUT2D eigenvalue weighted by atomic mass is 16.5. The van der Waals surface area contributed by atoms with Gasteiger partial charge in [0.15, 0.2) is 23.9 Å². The fraction of sp³-hybridized carbons (Fsp3) is 0.375. The van der Waals surface area contributed by atoms with Gasteiger partial charge < -0.3 is 24.3 Å². The molecule has 0 aliphatic rings. The standard InChI is InChI=1S/C24H29NO7/c1-5-6-7-16-8-10-17(11-9-16)19(26)15-32-22(27)14-25-24(28)18-12-20(29-2)23(31-4)21(13-18)30-3/h8-13H,5-7,14-15H2,1-4H3,(H,25,28). The number of hydrogen-bond donors (Lipinski definition) is 1. The predicted molar refractivity (Wildman–Crippen MR) is 119 cm³/mol. The third kappa shape index (κ3) is 6.73. The lowest BCUT2D eigenvalue weighted by Crippen LogP contribution is -2.31. The maximum absolute atomic E-state index is 12.4. The summed E-state index contributed by atoms with van der Waals surface area (Å²) in [6.07, 6.45) is 3.16. The minimum atomic E-state index is -0.723. The summed E-state index contributed by atoms with van der Waals surface area (Å²) in [4.78, 5) is 36.6. The fourth-order valence-electron chi connectivity index (χ4n) is 2.99. The van der Waals surface area contributed by atoms with Crippen molar-refractivity contribution in [2.45, 2.75) is 26.2 Å². The minimum absolute atomic E-state index is 0.214. The van der Waals surface area contributed by atoms with E-state index in [1.807, 2.05) is 12.1 Å². The van der Waals surface area contributed by atoms with Crippen LogP contribution >= 0.6 is 0 Å². The Bertz CT molecular complexity index is 913. The lowest BCUT2D eigenvalue weighted by atomic mass is 10.0. The van der Waals surface area contributed by atoms with Crippen LogP contribution in [0.4, 0.5) is 0 Å². The summed E-state index contributed by atoms with van der Waals surface area (Å²) in [6, 6.07) is 10.2. The molecule has 2 rings (SSSR count). The van der Waals surface area contributed by atoms with Gasteiger partial charge >= 0.3 is 5.97 Å². The van der Waals surface area contributed by atoms with Crippen molar-refractivity contribution in [1.29, 1.82) is 0 Å². The molecule has 1 N–H and O–H groups in total. The number of esters is 1. The van der Waals surface area contributed by atoms with Crippen LogP contribution in [-0.2, 0) is 16.0 Å². The topological polar surface area (TPSA) is 100 Å². The Balaban J connectivity index is 1.87. The fourth-order valence-corrected chi connectivity index (χ4v) is 2.99. The van der Waals surface area contributed by atoms with Crippen molar-refractivity contribution in [2.75, 3.05) is 34.5 Å². The number of carbonyl (C=O) groups excluding carboxylic acids is 3. The zero-order valence-electron chi connectivity index (χ0n) is 18.9. The first-order valence-corrected chi connectivity index (χ1v) is 10.3. The number of benzene rings is 2. The Morgan fingerprint density at radius 3 is 2.03 bits per heavy atom. The van der Waals surface area contributed by atoms with E-state index in [9.17, 15) is 14.4 Å². The maximum Gasteiger partial charge on any atom is 0.325 e. The molecule has 172 valence electrons. The molecule has 0 aromatic heterocycles. The van der Waals surface area contributed by atoms with Gasteiger partial charge in [-0.25, -0.2) is 0 Å². The molecule has 32 heavy (non-hydrogen) atoms. The number of hydrogen-bond acceptors (Lipinski definition) is 7. The van der Waals surface area contributed by atoms with E-state index in [4.69, 9.17) is 18.9 Å². The summed E-state index contributed by atoms with van der Waals surface area (Å²) in [7, 11) is 4.33. The van der Waals surface area contributed by atoms with Gasteiger partial charge in [0, 0.05) is 11.1 Å². The highest BCUT2D eigenvalue weighted by Gasteiger charge is 2.18. The number of carbonyl (C=O) groups is 3. The highest BCUT2D eigenvalue weighted by molar-refractivity contribution is 5.99. The summed E-state index contributed by atoms with van der Waals surface area (Å²) in [5.41, 5.74) is 1.85. The van der Waals surface area contributed by atoms with Gasteiger partial charge in [0.05, 0.1) is 21.3 Å². The second-order valence-corrected chi connectivity index (χ2v) is 6.98. The average Bonchev–Trinajstić information content (AvgIpc) is 2.83. The Labute approximate surface area is 187 Å². The van der Waals surface area contributed by atoms with Gasteiger partial charge in [-0.3, -0.25) is 14.4 Å². The SMILES string of the molecule is CCCCc1ccc(C(=O)COC(=O)CNC(=O)c2cc(OC)c(OC)c(OC)c2)cc1. The zero-order valence-corrected chi connectivity index (χ0v) is 18.9. The number of ketones is 1. The molecular weight excluding hydrogens is 414 g/mol. The predicted octanol–water partition coefficient (Wildman–Crippen LogP) is 3.21. The van der Waals surface area contributed by atoms with Crippen molar-refractivity contribution in [3.63, 3.8) is 0 Å². The van der Waals surface area contributed by atoms with Gasteiger partial charge in [-0.1, -0.05) is 37.6 Å². The molecule has 8 nitrogen and oxygen atoms in total. The Hall–Kier alpha value is -3.55. The van der Waals surface area contributed by atoms with E-state index in [1.165, 1.54) is 33.5 Å². The van der Waals surface area contributed by atoms with Crippen LogP contribution in [0.5, 0.6) is 17.2 Å². The van der Waals surface area contributed by atoms with Gasteiger partial charge in [0.25, 0.3) is 5.91 Å². The van der Waals surface area contributed by atoms with Crippen LogP contribution in [0.3, 0.4) is 0 Å². The number of rotatable bonds is 12.